The second-order valence-corrected chi connectivity index (χ2v) is 5.77. The summed E-state index contributed by atoms with van der Waals surface area (Å²) in [6.45, 7) is 1.32. The van der Waals surface area contributed by atoms with E-state index in [0.29, 0.717) is 10.5 Å². The van der Waals surface area contributed by atoms with Crippen molar-refractivity contribution in [1.29, 1.82) is 0 Å². The fourth-order valence-corrected chi connectivity index (χ4v) is 3.05. The van der Waals surface area contributed by atoms with E-state index in [1.807, 2.05) is 0 Å². The van der Waals surface area contributed by atoms with Gasteiger partial charge in [-0.15, -0.1) is 20.4 Å². The summed E-state index contributed by atoms with van der Waals surface area (Å²) in [6.07, 6.45) is -1.98. The van der Waals surface area contributed by atoms with E-state index >= 15 is 0 Å². The van der Waals surface area contributed by atoms with Crippen molar-refractivity contribution in [2.24, 2.45) is 4.99 Å². The SMILES string of the molecule is CC(=O)N=c1sc(CCl)cn1-c1ccc2c(c1)OC(F)(F)O2. The largest absolute Gasteiger partial charge is 0.586 e. The first-order chi connectivity index (χ1) is 10.4. The number of benzene rings is 1. The van der Waals surface area contributed by atoms with Gasteiger partial charge in [0.15, 0.2) is 16.3 Å². The van der Waals surface area contributed by atoms with Crippen LogP contribution in [0.4, 0.5) is 8.78 Å². The first-order valence-corrected chi connectivity index (χ1v) is 7.46. The summed E-state index contributed by atoms with van der Waals surface area (Å²) >= 11 is 7.03. The van der Waals surface area contributed by atoms with E-state index in [1.165, 1.54) is 30.4 Å². The van der Waals surface area contributed by atoms with Crippen LogP contribution < -0.4 is 14.3 Å². The molecule has 1 aliphatic rings. The Labute approximate surface area is 132 Å². The van der Waals surface area contributed by atoms with Gasteiger partial charge >= 0.3 is 6.29 Å². The lowest BCUT2D eigenvalue weighted by Crippen LogP contribution is -2.25. The number of aromatic nitrogens is 1. The second kappa shape index (κ2) is 5.36. The van der Waals surface area contributed by atoms with Gasteiger partial charge in [0.1, 0.15) is 0 Å². The van der Waals surface area contributed by atoms with Crippen molar-refractivity contribution in [3.05, 3.63) is 34.1 Å². The number of amides is 1. The lowest BCUT2D eigenvalue weighted by Gasteiger charge is -2.04. The predicted molar refractivity (Wildman–Crippen MR) is 75.7 cm³/mol. The van der Waals surface area contributed by atoms with E-state index in [9.17, 15) is 13.6 Å². The molecule has 0 fully saturated rings. The summed E-state index contributed by atoms with van der Waals surface area (Å²) < 4.78 is 36.5. The van der Waals surface area contributed by atoms with E-state index in [0.717, 1.165) is 4.88 Å². The number of fused-ring (bicyclic) bond motifs is 1. The molecule has 0 bridgehead atoms. The Balaban J connectivity index is 2.10. The number of carbonyl (C=O) groups is 1. The summed E-state index contributed by atoms with van der Waals surface area (Å²) in [5, 5.41) is 0. The van der Waals surface area contributed by atoms with Crippen molar-refractivity contribution in [3.63, 3.8) is 0 Å². The van der Waals surface area contributed by atoms with Gasteiger partial charge in [-0.25, -0.2) is 0 Å². The minimum Gasteiger partial charge on any atom is -0.395 e. The molecule has 1 amide bonds. The number of rotatable bonds is 2. The molecule has 0 N–H and O–H groups in total. The van der Waals surface area contributed by atoms with Crippen molar-refractivity contribution < 1.29 is 23.0 Å². The van der Waals surface area contributed by atoms with Gasteiger partial charge in [0.2, 0.25) is 5.91 Å². The normalized spacial score (nSPS) is 16.1. The molecule has 3 rings (SSSR count). The van der Waals surface area contributed by atoms with Gasteiger partial charge in [-0.1, -0.05) is 11.3 Å². The summed E-state index contributed by atoms with van der Waals surface area (Å²) in [4.78, 5) is 16.3. The molecule has 2 heterocycles. The fraction of sp³-hybridized carbons (Fsp3) is 0.231. The zero-order chi connectivity index (χ0) is 15.9. The molecule has 116 valence electrons. The molecular weight excluding hydrogens is 338 g/mol. The monoisotopic (exact) mass is 346 g/mol. The van der Waals surface area contributed by atoms with Crippen LogP contribution in [0.25, 0.3) is 5.69 Å². The number of thiazole rings is 1. The third kappa shape index (κ3) is 2.84. The maximum absolute atomic E-state index is 13.1. The molecule has 0 saturated heterocycles. The van der Waals surface area contributed by atoms with Crippen LogP contribution in [0.15, 0.2) is 29.4 Å². The Kier molecular flexibility index (Phi) is 3.65. The zero-order valence-corrected chi connectivity index (χ0v) is 12.8. The molecule has 0 radical (unpaired) electrons. The number of halogens is 3. The number of hydrogen-bond donors (Lipinski definition) is 0. The molecule has 2 aromatic rings. The molecular formula is C13H9ClF2N2O3S. The highest BCUT2D eigenvalue weighted by atomic mass is 35.5. The summed E-state index contributed by atoms with van der Waals surface area (Å²) in [6, 6.07) is 4.32. The van der Waals surface area contributed by atoms with Gasteiger partial charge in [-0.2, -0.15) is 4.99 Å². The smallest absolute Gasteiger partial charge is 0.395 e. The lowest BCUT2D eigenvalue weighted by atomic mass is 10.3. The average Bonchev–Trinajstić information content (AvgIpc) is 2.95. The lowest BCUT2D eigenvalue weighted by molar-refractivity contribution is -0.286. The molecule has 0 atom stereocenters. The van der Waals surface area contributed by atoms with Crippen LogP contribution in [-0.4, -0.2) is 16.8 Å². The minimum absolute atomic E-state index is 0.0489. The van der Waals surface area contributed by atoms with Crippen LogP contribution >= 0.6 is 22.9 Å². The molecule has 0 spiro atoms. The number of alkyl halides is 3. The van der Waals surface area contributed by atoms with Crippen LogP contribution in [0.3, 0.4) is 0 Å². The number of carbonyl (C=O) groups excluding carboxylic acids is 1. The highest BCUT2D eigenvalue weighted by molar-refractivity contribution is 7.09. The molecule has 1 aromatic heterocycles. The van der Waals surface area contributed by atoms with Crippen LogP contribution in [0, 0.1) is 0 Å². The molecule has 5 nitrogen and oxygen atoms in total. The van der Waals surface area contributed by atoms with E-state index < -0.39 is 6.29 Å². The zero-order valence-electron chi connectivity index (χ0n) is 11.2. The Hall–Kier alpha value is -1.93. The highest BCUT2D eigenvalue weighted by Gasteiger charge is 2.43. The Morgan fingerprint density at radius 1 is 1.41 bits per heavy atom. The van der Waals surface area contributed by atoms with E-state index in [1.54, 1.807) is 16.8 Å². The maximum atomic E-state index is 13.1. The quantitative estimate of drug-likeness (QED) is 0.785. The predicted octanol–water partition coefficient (Wildman–Crippen LogP) is 3.05. The van der Waals surface area contributed by atoms with Crippen molar-refractivity contribution >= 4 is 28.8 Å². The number of hydrogen-bond acceptors (Lipinski definition) is 4. The Bertz CT molecular complexity index is 816. The van der Waals surface area contributed by atoms with Crippen molar-refractivity contribution in [3.8, 4) is 17.2 Å². The van der Waals surface area contributed by atoms with Gasteiger partial charge < -0.3 is 9.47 Å². The van der Waals surface area contributed by atoms with Gasteiger partial charge in [0.25, 0.3) is 0 Å². The molecule has 9 heteroatoms. The van der Waals surface area contributed by atoms with Gasteiger partial charge in [-0.05, 0) is 12.1 Å². The third-order valence-electron chi connectivity index (χ3n) is 2.75. The van der Waals surface area contributed by atoms with Crippen molar-refractivity contribution in [2.75, 3.05) is 0 Å². The summed E-state index contributed by atoms with van der Waals surface area (Å²) in [7, 11) is 0. The van der Waals surface area contributed by atoms with E-state index in [2.05, 4.69) is 14.5 Å². The Morgan fingerprint density at radius 2 is 2.14 bits per heavy atom. The molecule has 0 saturated carbocycles. The molecule has 0 aliphatic carbocycles. The van der Waals surface area contributed by atoms with E-state index in [4.69, 9.17) is 11.6 Å². The maximum Gasteiger partial charge on any atom is 0.586 e. The highest BCUT2D eigenvalue weighted by Crippen LogP contribution is 2.41. The third-order valence-corrected chi connectivity index (χ3v) is 4.18. The second-order valence-electron chi connectivity index (χ2n) is 4.41. The van der Waals surface area contributed by atoms with Crippen LogP contribution in [0.2, 0.25) is 0 Å². The van der Waals surface area contributed by atoms with Crippen molar-refractivity contribution in [2.45, 2.75) is 19.1 Å². The summed E-state index contributed by atoms with van der Waals surface area (Å²) in [5.41, 5.74) is 0.507. The van der Waals surface area contributed by atoms with Gasteiger partial charge in [0, 0.05) is 24.1 Å². The first kappa shape index (κ1) is 15.0. The fourth-order valence-electron chi connectivity index (χ4n) is 1.94. The average molecular weight is 347 g/mol. The van der Waals surface area contributed by atoms with Crippen LogP contribution in [0.1, 0.15) is 11.8 Å². The first-order valence-electron chi connectivity index (χ1n) is 6.11. The van der Waals surface area contributed by atoms with Gasteiger partial charge in [0.05, 0.1) is 11.6 Å². The Morgan fingerprint density at radius 3 is 2.82 bits per heavy atom. The molecule has 22 heavy (non-hydrogen) atoms. The molecule has 0 unspecified atom stereocenters. The standard InChI is InChI=1S/C13H9ClF2N2O3S/c1-7(19)17-12-18(6-9(5-14)22-12)8-2-3-10-11(4-8)21-13(15,16)20-10/h2-4,6H,5H2,1H3. The van der Waals surface area contributed by atoms with Crippen LogP contribution in [-0.2, 0) is 10.7 Å². The molecule has 1 aromatic carbocycles. The van der Waals surface area contributed by atoms with Crippen molar-refractivity contribution in [1.82, 2.24) is 4.57 Å². The van der Waals surface area contributed by atoms with Crippen LogP contribution in [0.5, 0.6) is 11.5 Å². The number of ether oxygens (including phenoxy) is 2. The minimum atomic E-state index is -3.67. The van der Waals surface area contributed by atoms with Gasteiger partial charge in [-0.3, -0.25) is 9.36 Å². The molecule has 1 aliphatic heterocycles. The summed E-state index contributed by atoms with van der Waals surface area (Å²) in [5.74, 6) is -0.251. The topological polar surface area (TPSA) is 52.8 Å². The number of nitrogens with zero attached hydrogens (tertiary/aromatic N) is 2. The van der Waals surface area contributed by atoms with E-state index in [-0.39, 0.29) is 23.3 Å².